The highest BCUT2D eigenvalue weighted by molar-refractivity contribution is 5.92. The third-order valence-corrected chi connectivity index (χ3v) is 5.88. The van der Waals surface area contributed by atoms with Gasteiger partial charge in [0, 0.05) is 17.7 Å². The summed E-state index contributed by atoms with van der Waals surface area (Å²) in [4.78, 5) is 45.0. The van der Waals surface area contributed by atoms with E-state index in [4.69, 9.17) is 9.47 Å². The number of rotatable bonds is 6. The SMILES string of the molecule is CCOC(=O)N1CCc2c(nc(-c3ccc(F)cc3)n(CC(=O)Nc3cc(C)ccc3OC)c2=O)C1. The topological polar surface area (TPSA) is 103 Å². The van der Waals surface area contributed by atoms with Crippen molar-refractivity contribution in [1.29, 1.82) is 0 Å². The molecule has 188 valence electrons. The first kappa shape index (κ1) is 24.9. The Morgan fingerprint density at radius 1 is 1.17 bits per heavy atom. The van der Waals surface area contributed by atoms with E-state index >= 15 is 0 Å². The van der Waals surface area contributed by atoms with Gasteiger partial charge in [-0.1, -0.05) is 6.07 Å². The lowest BCUT2D eigenvalue weighted by atomic mass is 10.1. The van der Waals surface area contributed by atoms with Gasteiger partial charge in [-0.05, 0) is 62.2 Å². The fourth-order valence-corrected chi connectivity index (χ4v) is 4.12. The fraction of sp³-hybridized carbons (Fsp3) is 0.308. The highest BCUT2D eigenvalue weighted by atomic mass is 19.1. The van der Waals surface area contributed by atoms with E-state index in [2.05, 4.69) is 10.3 Å². The molecule has 1 N–H and O–H groups in total. The first-order valence-corrected chi connectivity index (χ1v) is 11.6. The van der Waals surface area contributed by atoms with Crippen LogP contribution in [0, 0.1) is 12.7 Å². The summed E-state index contributed by atoms with van der Waals surface area (Å²) < 4.78 is 25.3. The number of ether oxygens (including phenoxy) is 2. The van der Waals surface area contributed by atoms with Crippen LogP contribution in [0.3, 0.4) is 0 Å². The van der Waals surface area contributed by atoms with Crippen LogP contribution in [0.15, 0.2) is 47.3 Å². The van der Waals surface area contributed by atoms with Crippen LogP contribution in [0.2, 0.25) is 0 Å². The lowest BCUT2D eigenvalue weighted by Crippen LogP contribution is -2.42. The molecular weight excluding hydrogens is 467 g/mol. The van der Waals surface area contributed by atoms with Crippen LogP contribution < -0.4 is 15.6 Å². The zero-order valence-electron chi connectivity index (χ0n) is 20.3. The van der Waals surface area contributed by atoms with E-state index in [-0.39, 0.29) is 37.5 Å². The van der Waals surface area contributed by atoms with Gasteiger partial charge in [0.2, 0.25) is 5.91 Å². The Kier molecular flexibility index (Phi) is 7.33. The summed E-state index contributed by atoms with van der Waals surface area (Å²) in [5.41, 5.74) is 2.35. The number of amides is 2. The Balaban J connectivity index is 1.72. The molecule has 0 atom stereocenters. The van der Waals surface area contributed by atoms with Crippen molar-refractivity contribution in [2.24, 2.45) is 0 Å². The molecule has 10 heteroatoms. The first-order valence-electron chi connectivity index (χ1n) is 11.6. The number of aryl methyl sites for hydroxylation is 1. The van der Waals surface area contributed by atoms with Gasteiger partial charge < -0.3 is 19.7 Å². The number of anilines is 1. The number of hydrogen-bond acceptors (Lipinski definition) is 6. The number of methoxy groups -OCH3 is 1. The third-order valence-electron chi connectivity index (χ3n) is 5.88. The van der Waals surface area contributed by atoms with Crippen LogP contribution in [0.4, 0.5) is 14.9 Å². The summed E-state index contributed by atoms with van der Waals surface area (Å²) in [7, 11) is 1.50. The van der Waals surface area contributed by atoms with E-state index in [1.165, 1.54) is 40.8 Å². The molecule has 2 aromatic carbocycles. The number of fused-ring (bicyclic) bond motifs is 1. The van der Waals surface area contributed by atoms with E-state index in [0.29, 0.717) is 34.8 Å². The average molecular weight is 495 g/mol. The zero-order valence-corrected chi connectivity index (χ0v) is 20.3. The molecule has 0 radical (unpaired) electrons. The smallest absolute Gasteiger partial charge is 0.410 e. The largest absolute Gasteiger partial charge is 0.495 e. The van der Waals surface area contributed by atoms with E-state index in [1.807, 2.05) is 13.0 Å². The molecule has 2 amide bonds. The van der Waals surface area contributed by atoms with Gasteiger partial charge in [-0.2, -0.15) is 0 Å². The molecule has 1 aromatic heterocycles. The normalized spacial score (nSPS) is 12.6. The number of benzene rings is 2. The number of halogens is 1. The van der Waals surface area contributed by atoms with Gasteiger partial charge in [0.05, 0.1) is 31.6 Å². The Bertz CT molecular complexity index is 1350. The van der Waals surface area contributed by atoms with Gasteiger partial charge >= 0.3 is 6.09 Å². The number of nitrogens with zero attached hydrogens (tertiary/aromatic N) is 3. The standard InChI is InChI=1S/C26H27FN4O5/c1-4-36-26(34)30-12-11-19-21(14-30)29-24(17-6-8-18(27)9-7-17)31(25(19)33)15-23(32)28-20-13-16(2)5-10-22(20)35-3/h5-10,13H,4,11-12,14-15H2,1-3H3,(H,28,32). The van der Waals surface area contributed by atoms with Crippen LogP contribution in [0.5, 0.6) is 5.75 Å². The maximum absolute atomic E-state index is 13.6. The molecule has 9 nitrogen and oxygen atoms in total. The fourth-order valence-electron chi connectivity index (χ4n) is 4.12. The van der Waals surface area contributed by atoms with Gasteiger partial charge in [-0.15, -0.1) is 0 Å². The van der Waals surface area contributed by atoms with Crippen molar-refractivity contribution in [3.8, 4) is 17.1 Å². The second-order valence-corrected chi connectivity index (χ2v) is 8.38. The summed E-state index contributed by atoms with van der Waals surface area (Å²) in [6, 6.07) is 10.9. The van der Waals surface area contributed by atoms with E-state index < -0.39 is 17.8 Å². The third kappa shape index (κ3) is 5.22. The molecule has 2 heterocycles. The lowest BCUT2D eigenvalue weighted by molar-refractivity contribution is -0.116. The van der Waals surface area contributed by atoms with Crippen molar-refractivity contribution < 1.29 is 23.5 Å². The van der Waals surface area contributed by atoms with E-state index in [9.17, 15) is 18.8 Å². The zero-order chi connectivity index (χ0) is 25.8. The highest BCUT2D eigenvalue weighted by Gasteiger charge is 2.28. The minimum absolute atomic E-state index is 0.102. The molecular formula is C26H27FN4O5. The predicted molar refractivity (Wildman–Crippen MR) is 131 cm³/mol. The van der Waals surface area contributed by atoms with Gasteiger partial charge in [0.15, 0.2) is 0 Å². The summed E-state index contributed by atoms with van der Waals surface area (Å²) in [5, 5.41) is 2.80. The Morgan fingerprint density at radius 2 is 1.92 bits per heavy atom. The number of carbonyl (C=O) groups excluding carboxylic acids is 2. The molecule has 0 bridgehead atoms. The Morgan fingerprint density at radius 3 is 2.61 bits per heavy atom. The quantitative estimate of drug-likeness (QED) is 0.563. The van der Waals surface area contributed by atoms with Crippen LogP contribution >= 0.6 is 0 Å². The van der Waals surface area contributed by atoms with Crippen LogP contribution in [-0.4, -0.2) is 46.7 Å². The van der Waals surface area contributed by atoms with Crippen LogP contribution in [0.1, 0.15) is 23.7 Å². The van der Waals surface area contributed by atoms with E-state index in [0.717, 1.165) is 5.56 Å². The van der Waals surface area contributed by atoms with Crippen LogP contribution in [-0.2, 0) is 29.0 Å². The molecule has 1 aliphatic heterocycles. The van der Waals surface area contributed by atoms with Crippen molar-refractivity contribution in [3.05, 3.63) is 75.5 Å². The number of hydrogen-bond donors (Lipinski definition) is 1. The van der Waals surface area contributed by atoms with Crippen molar-refractivity contribution in [2.75, 3.05) is 25.6 Å². The minimum Gasteiger partial charge on any atom is -0.495 e. The van der Waals surface area contributed by atoms with Gasteiger partial charge in [-0.25, -0.2) is 14.2 Å². The average Bonchev–Trinajstić information content (AvgIpc) is 2.86. The predicted octanol–water partition coefficient (Wildman–Crippen LogP) is 3.52. The molecule has 0 spiro atoms. The summed E-state index contributed by atoms with van der Waals surface area (Å²) in [6.45, 7) is 3.93. The molecule has 1 aliphatic rings. The minimum atomic E-state index is -0.482. The second kappa shape index (κ2) is 10.6. The molecule has 0 fully saturated rings. The van der Waals surface area contributed by atoms with Crippen molar-refractivity contribution in [1.82, 2.24) is 14.5 Å². The van der Waals surface area contributed by atoms with Gasteiger partial charge in [0.1, 0.15) is 23.9 Å². The van der Waals surface area contributed by atoms with Gasteiger partial charge in [0.25, 0.3) is 5.56 Å². The number of carbonyl (C=O) groups is 2. The summed E-state index contributed by atoms with van der Waals surface area (Å²) in [6.07, 6.45) is -0.208. The second-order valence-electron chi connectivity index (χ2n) is 8.38. The number of aromatic nitrogens is 2. The molecule has 0 saturated heterocycles. The van der Waals surface area contributed by atoms with E-state index in [1.54, 1.807) is 19.1 Å². The van der Waals surface area contributed by atoms with Crippen molar-refractivity contribution in [3.63, 3.8) is 0 Å². The molecule has 0 aliphatic carbocycles. The lowest BCUT2D eigenvalue weighted by Gasteiger charge is -2.28. The van der Waals surface area contributed by atoms with Crippen molar-refractivity contribution >= 4 is 17.7 Å². The Hall–Kier alpha value is -4.21. The number of nitrogens with one attached hydrogen (secondary N) is 1. The van der Waals surface area contributed by atoms with Crippen LogP contribution in [0.25, 0.3) is 11.4 Å². The maximum atomic E-state index is 13.6. The Labute approximate surface area is 207 Å². The highest BCUT2D eigenvalue weighted by Crippen LogP contribution is 2.26. The molecule has 36 heavy (non-hydrogen) atoms. The monoisotopic (exact) mass is 494 g/mol. The first-order chi connectivity index (χ1) is 17.3. The summed E-state index contributed by atoms with van der Waals surface area (Å²) in [5.74, 6) is -0.197. The molecule has 3 aromatic rings. The molecule has 0 unspecified atom stereocenters. The van der Waals surface area contributed by atoms with Crippen molar-refractivity contribution in [2.45, 2.75) is 33.4 Å². The molecule has 0 saturated carbocycles. The summed E-state index contributed by atoms with van der Waals surface area (Å²) >= 11 is 0. The molecule has 4 rings (SSSR count). The van der Waals surface area contributed by atoms with Gasteiger partial charge in [-0.3, -0.25) is 14.2 Å². The maximum Gasteiger partial charge on any atom is 0.410 e.